The Morgan fingerprint density at radius 1 is 1.86 bits per heavy atom. The van der Waals surface area contributed by atoms with E-state index in [2.05, 4.69) is 19.4 Å². The number of nitrogens with one attached hydrogen (secondary N) is 1. The van der Waals surface area contributed by atoms with Crippen molar-refractivity contribution in [1.82, 2.24) is 10.3 Å². The number of nitrogens with zero attached hydrogens (tertiary/aromatic N) is 1. The first-order chi connectivity index (χ1) is 3.29. The summed E-state index contributed by atoms with van der Waals surface area (Å²) >= 11 is 0. The summed E-state index contributed by atoms with van der Waals surface area (Å²) in [7, 11) is 4.08. The van der Waals surface area contributed by atoms with Gasteiger partial charge in [-0.25, -0.2) is 0 Å². The second kappa shape index (κ2) is 1.66. The molecule has 0 aromatic carbocycles. The Labute approximate surface area is 44.4 Å². The molecule has 0 aromatic heterocycles. The molecule has 0 amide bonds. The van der Waals surface area contributed by atoms with E-state index in [0.717, 1.165) is 6.54 Å². The van der Waals surface area contributed by atoms with Crippen molar-refractivity contribution in [2.24, 2.45) is 0 Å². The van der Waals surface area contributed by atoms with Crippen molar-refractivity contribution in [1.29, 1.82) is 0 Å². The summed E-state index contributed by atoms with van der Waals surface area (Å²) in [6.07, 6.45) is 0. The average molecular weight is 95.9 g/mol. The normalized spacial score (nSPS) is 19.1. The van der Waals surface area contributed by atoms with Gasteiger partial charge in [0.15, 0.2) is 0 Å². The van der Waals surface area contributed by atoms with Crippen molar-refractivity contribution in [3.63, 3.8) is 0 Å². The van der Waals surface area contributed by atoms with Gasteiger partial charge in [-0.3, -0.25) is 0 Å². The summed E-state index contributed by atoms with van der Waals surface area (Å²) < 4.78 is 0. The monoisotopic (exact) mass is 96.1 g/mol. The second-order valence-corrected chi connectivity index (χ2v) is 1.92. The van der Waals surface area contributed by atoms with Crippen LogP contribution in [-0.4, -0.2) is 31.0 Å². The molecule has 38 valence electrons. The van der Waals surface area contributed by atoms with Gasteiger partial charge >= 0.3 is 43.4 Å². The Balaban J connectivity index is 2.50. The van der Waals surface area contributed by atoms with Crippen LogP contribution in [0.25, 0.3) is 0 Å². The van der Waals surface area contributed by atoms with Crippen LogP contribution in [-0.2, 0) is 0 Å². The van der Waals surface area contributed by atoms with Gasteiger partial charge in [0.05, 0.1) is 0 Å². The van der Waals surface area contributed by atoms with Gasteiger partial charge in [-0.15, -0.1) is 0 Å². The molecule has 0 aliphatic carbocycles. The van der Waals surface area contributed by atoms with E-state index >= 15 is 0 Å². The number of hydrazine groups is 1. The molecule has 2 nitrogen and oxygen atoms in total. The molecule has 0 spiro atoms. The zero-order valence-corrected chi connectivity index (χ0v) is 4.73. The van der Waals surface area contributed by atoms with Crippen LogP contribution in [0, 0.1) is 0 Å². The van der Waals surface area contributed by atoms with Crippen molar-refractivity contribution in [2.45, 2.75) is 6.92 Å². The molecule has 1 aliphatic rings. The van der Waals surface area contributed by atoms with E-state index < -0.39 is 0 Å². The van der Waals surface area contributed by atoms with Crippen molar-refractivity contribution in [3.8, 4) is 0 Å². The number of hydrogen-bond donors (Lipinski definition) is 1. The molecule has 0 atom stereocenters. The summed E-state index contributed by atoms with van der Waals surface area (Å²) in [5.41, 5.74) is 4.50. The molecule has 0 unspecified atom stereocenters. The standard InChI is InChI=1S/C4H9BN2/c1-4-3-6-7(2)5-4/h6H,3H2,1-2H3. The van der Waals surface area contributed by atoms with Crippen molar-refractivity contribution < 1.29 is 0 Å². The predicted octanol–water partition coefficient (Wildman–Crippen LogP) is -0.752. The third-order valence-corrected chi connectivity index (χ3v) is 1.02. The van der Waals surface area contributed by atoms with Gasteiger partial charge in [0.2, 0.25) is 0 Å². The zero-order chi connectivity index (χ0) is 5.28. The summed E-state index contributed by atoms with van der Waals surface area (Å²) in [6.45, 7) is 3.12. The van der Waals surface area contributed by atoms with E-state index in [4.69, 9.17) is 0 Å². The van der Waals surface area contributed by atoms with Gasteiger partial charge < -0.3 is 0 Å². The van der Waals surface area contributed by atoms with E-state index in [1.54, 1.807) is 0 Å². The fourth-order valence-corrected chi connectivity index (χ4v) is 0.671. The first kappa shape index (κ1) is 4.84. The van der Waals surface area contributed by atoms with E-state index in [1.807, 2.05) is 12.0 Å². The van der Waals surface area contributed by atoms with Crippen LogP contribution in [0.15, 0.2) is 0 Å². The summed E-state index contributed by atoms with van der Waals surface area (Å²) in [6, 6.07) is 0. The van der Waals surface area contributed by atoms with Crippen molar-refractivity contribution >= 4 is 12.5 Å². The Morgan fingerprint density at radius 2 is 2.57 bits per heavy atom. The summed E-state index contributed by atoms with van der Waals surface area (Å²) in [5.74, 6) is 0. The molecule has 0 fully saturated rings. The maximum atomic E-state index is 3.11. The Bertz CT molecular complexity index is 99.9. The Hall–Kier alpha value is -0.305. The topological polar surface area (TPSA) is 15.3 Å². The predicted molar refractivity (Wildman–Crippen MR) is 32.2 cm³/mol. The Kier molecular flexibility index (Phi) is 1.15. The SMILES string of the molecule is CC1=BN(C)NC1. The molecular weight excluding hydrogens is 86.9 g/mol. The molecule has 0 saturated heterocycles. The van der Waals surface area contributed by atoms with E-state index in [-0.39, 0.29) is 0 Å². The molecule has 0 aromatic rings. The second-order valence-electron chi connectivity index (χ2n) is 1.92. The van der Waals surface area contributed by atoms with Gasteiger partial charge in [-0.05, 0) is 0 Å². The van der Waals surface area contributed by atoms with Crippen LogP contribution < -0.4 is 5.43 Å². The molecule has 0 radical (unpaired) electrons. The van der Waals surface area contributed by atoms with Gasteiger partial charge in [-0.1, -0.05) is 0 Å². The number of hydrogen-bond acceptors (Lipinski definition) is 2. The van der Waals surface area contributed by atoms with Crippen molar-refractivity contribution in [2.75, 3.05) is 13.6 Å². The molecular formula is C4H9BN2. The molecule has 3 heteroatoms. The zero-order valence-electron chi connectivity index (χ0n) is 4.73. The van der Waals surface area contributed by atoms with Crippen molar-refractivity contribution in [3.05, 3.63) is 0 Å². The van der Waals surface area contributed by atoms with E-state index in [1.165, 1.54) is 5.46 Å². The molecule has 0 saturated carbocycles. The quantitative estimate of drug-likeness (QED) is 0.399. The molecule has 1 rings (SSSR count). The third-order valence-electron chi connectivity index (χ3n) is 1.02. The summed E-state index contributed by atoms with van der Waals surface area (Å²) in [4.78, 5) is 1.97. The van der Waals surface area contributed by atoms with Gasteiger partial charge in [0, 0.05) is 0 Å². The minimum absolute atomic E-state index is 1.01. The van der Waals surface area contributed by atoms with Crippen LogP contribution in [0.1, 0.15) is 6.92 Å². The Morgan fingerprint density at radius 3 is 2.71 bits per heavy atom. The fourth-order valence-electron chi connectivity index (χ4n) is 0.671. The molecule has 0 bridgehead atoms. The van der Waals surface area contributed by atoms with Crippen LogP contribution in [0.2, 0.25) is 0 Å². The van der Waals surface area contributed by atoms with Crippen LogP contribution in [0.4, 0.5) is 0 Å². The van der Waals surface area contributed by atoms with Crippen LogP contribution >= 0.6 is 0 Å². The van der Waals surface area contributed by atoms with Gasteiger partial charge in [0.25, 0.3) is 0 Å². The summed E-state index contributed by atoms with van der Waals surface area (Å²) in [5, 5.41) is 0. The number of rotatable bonds is 0. The maximum absolute atomic E-state index is 3.11. The molecule has 1 aliphatic heterocycles. The van der Waals surface area contributed by atoms with Crippen LogP contribution in [0.5, 0.6) is 0 Å². The first-order valence-corrected chi connectivity index (χ1v) is 2.42. The molecule has 1 N–H and O–H groups in total. The van der Waals surface area contributed by atoms with Gasteiger partial charge in [-0.2, -0.15) is 0 Å². The van der Waals surface area contributed by atoms with Crippen LogP contribution in [0.3, 0.4) is 0 Å². The van der Waals surface area contributed by atoms with E-state index in [9.17, 15) is 0 Å². The van der Waals surface area contributed by atoms with Gasteiger partial charge in [0.1, 0.15) is 0 Å². The average Bonchev–Trinajstić information content (AvgIpc) is 1.87. The third kappa shape index (κ3) is 1.03. The fraction of sp³-hybridized carbons (Fsp3) is 0.750. The molecule has 1 heterocycles. The first-order valence-electron chi connectivity index (χ1n) is 2.42. The molecule has 7 heavy (non-hydrogen) atoms. The minimum atomic E-state index is 1.01. The van der Waals surface area contributed by atoms with E-state index in [0.29, 0.717) is 0 Å².